The molecule has 6 nitrogen and oxygen atoms in total. The summed E-state index contributed by atoms with van der Waals surface area (Å²) in [5.41, 5.74) is 5.58. The summed E-state index contributed by atoms with van der Waals surface area (Å²) in [4.78, 5) is 24.6. The lowest BCUT2D eigenvalue weighted by molar-refractivity contribution is -0.129. The Morgan fingerprint density at radius 2 is 1.56 bits per heavy atom. The molecule has 2 amide bonds. The molecular formula is C18H38N2O4Si. The number of ether oxygens (including phenoxy) is 1. The van der Waals surface area contributed by atoms with Gasteiger partial charge in [-0.25, -0.2) is 4.79 Å². The highest BCUT2D eigenvalue weighted by Crippen LogP contribution is 2.37. The second kappa shape index (κ2) is 8.64. The van der Waals surface area contributed by atoms with Crippen molar-refractivity contribution >= 4 is 20.3 Å². The number of carbonyl (C=O) groups excluding carboxylic acids is 2. The average molecular weight is 375 g/mol. The summed E-state index contributed by atoms with van der Waals surface area (Å²) in [7, 11) is -2.24. The third-order valence-corrected chi connectivity index (χ3v) is 8.70. The van der Waals surface area contributed by atoms with Crippen LogP contribution in [0, 0.1) is 5.92 Å². The second-order valence-electron chi connectivity index (χ2n) is 9.58. The predicted octanol–water partition coefficient (Wildman–Crippen LogP) is 3.80. The van der Waals surface area contributed by atoms with E-state index in [2.05, 4.69) is 39.2 Å². The molecule has 0 heterocycles. The van der Waals surface area contributed by atoms with Gasteiger partial charge in [-0.2, -0.15) is 0 Å². The topological polar surface area (TPSA) is 90.6 Å². The summed E-state index contributed by atoms with van der Waals surface area (Å²) in [5, 5.41) is 2.21. The van der Waals surface area contributed by atoms with Crippen molar-refractivity contribution in [1.82, 2.24) is 5.32 Å². The van der Waals surface area contributed by atoms with Crippen molar-refractivity contribution < 1.29 is 18.8 Å². The van der Waals surface area contributed by atoms with E-state index in [4.69, 9.17) is 14.9 Å². The molecule has 0 fully saturated rings. The lowest BCUT2D eigenvalue weighted by Crippen LogP contribution is -2.56. The predicted molar refractivity (Wildman–Crippen MR) is 104 cm³/mol. The Morgan fingerprint density at radius 1 is 1.08 bits per heavy atom. The molecule has 148 valence electrons. The molecule has 0 rings (SSSR count). The first-order valence-electron chi connectivity index (χ1n) is 8.93. The maximum absolute atomic E-state index is 12.7. The molecule has 3 N–H and O–H groups in total. The Morgan fingerprint density at radius 3 is 1.92 bits per heavy atom. The van der Waals surface area contributed by atoms with Crippen LogP contribution in [0.5, 0.6) is 0 Å². The number of hydrogen-bond acceptors (Lipinski definition) is 5. The van der Waals surface area contributed by atoms with Crippen molar-refractivity contribution in [3.8, 4) is 0 Å². The van der Waals surface area contributed by atoms with Crippen LogP contribution < -0.4 is 11.1 Å². The number of carbonyl (C=O) groups is 2. The summed E-state index contributed by atoms with van der Waals surface area (Å²) in [6.45, 7) is 19.7. The lowest BCUT2D eigenvalue weighted by Gasteiger charge is -2.40. The molecule has 0 saturated heterocycles. The first-order valence-corrected chi connectivity index (χ1v) is 11.8. The van der Waals surface area contributed by atoms with E-state index in [-0.39, 0.29) is 5.04 Å². The van der Waals surface area contributed by atoms with Gasteiger partial charge in [0.25, 0.3) is 5.91 Å². The highest BCUT2D eigenvalue weighted by molar-refractivity contribution is 6.74. The van der Waals surface area contributed by atoms with E-state index in [1.807, 2.05) is 13.8 Å². The Bertz CT molecular complexity index is 465. The van der Waals surface area contributed by atoms with Gasteiger partial charge in [0.15, 0.2) is 8.32 Å². The largest absolute Gasteiger partial charge is 0.444 e. The summed E-state index contributed by atoms with van der Waals surface area (Å²) in [6, 6.07) is -0.489. The van der Waals surface area contributed by atoms with E-state index in [0.29, 0.717) is 12.3 Å². The van der Waals surface area contributed by atoms with E-state index in [9.17, 15) is 9.59 Å². The minimum atomic E-state index is -2.24. The maximum atomic E-state index is 12.7. The van der Waals surface area contributed by atoms with Gasteiger partial charge in [0.05, 0.1) is 0 Å². The van der Waals surface area contributed by atoms with E-state index < -0.39 is 38.1 Å². The monoisotopic (exact) mass is 374 g/mol. The van der Waals surface area contributed by atoms with Crippen LogP contribution in [-0.2, 0) is 14.0 Å². The van der Waals surface area contributed by atoms with E-state index >= 15 is 0 Å². The minimum absolute atomic E-state index is 0.0744. The smallest absolute Gasteiger partial charge is 0.414 e. The highest BCUT2D eigenvalue weighted by Gasteiger charge is 2.42. The van der Waals surface area contributed by atoms with Crippen molar-refractivity contribution in [3.05, 3.63) is 0 Å². The number of amides is 2. The summed E-state index contributed by atoms with van der Waals surface area (Å²) >= 11 is 0. The molecule has 0 aromatic carbocycles. The summed E-state index contributed by atoms with van der Waals surface area (Å²) in [6.07, 6.45) is -1.03. The third kappa shape index (κ3) is 8.83. The third-order valence-electron chi connectivity index (χ3n) is 4.24. The Labute approximate surface area is 154 Å². The number of hydrogen-bond donors (Lipinski definition) is 2. The molecule has 2 atom stereocenters. The highest BCUT2D eigenvalue weighted by atomic mass is 28.4. The zero-order valence-electron chi connectivity index (χ0n) is 17.6. The van der Waals surface area contributed by atoms with Gasteiger partial charge in [0.1, 0.15) is 11.7 Å². The molecule has 0 aliphatic rings. The van der Waals surface area contributed by atoms with Crippen molar-refractivity contribution in [2.75, 3.05) is 0 Å². The van der Waals surface area contributed by atoms with Crippen LogP contribution in [-0.4, -0.2) is 38.1 Å². The molecule has 0 unspecified atom stereocenters. The molecule has 0 aliphatic carbocycles. The van der Waals surface area contributed by atoms with Crippen LogP contribution in [0.15, 0.2) is 0 Å². The van der Waals surface area contributed by atoms with Crippen LogP contribution in [0.2, 0.25) is 18.1 Å². The molecule has 0 aliphatic heterocycles. The quantitative estimate of drug-likeness (QED) is 0.690. The van der Waals surface area contributed by atoms with E-state index in [1.165, 1.54) is 0 Å². The number of nitrogens with one attached hydrogen (secondary N) is 1. The average Bonchev–Trinajstić information content (AvgIpc) is 2.30. The van der Waals surface area contributed by atoms with Gasteiger partial charge in [-0.1, -0.05) is 34.6 Å². The SMILES string of the molecule is CC(C)C[C@H](N)[C@@H](O[Si](C)(C)C(C)(C)C)C(=O)NC(=O)OC(C)(C)C. The fourth-order valence-corrected chi connectivity index (χ4v) is 3.24. The Balaban J connectivity index is 5.32. The fraction of sp³-hybridized carbons (Fsp3) is 0.889. The van der Waals surface area contributed by atoms with Gasteiger partial charge in [-0.3, -0.25) is 10.1 Å². The molecule has 0 spiro atoms. The van der Waals surface area contributed by atoms with Gasteiger partial charge in [-0.15, -0.1) is 0 Å². The lowest BCUT2D eigenvalue weighted by atomic mass is 10.00. The Hall–Kier alpha value is -0.923. The number of rotatable bonds is 6. The first-order chi connectivity index (χ1) is 11.0. The maximum Gasteiger partial charge on any atom is 0.414 e. The molecule has 0 saturated carbocycles. The summed E-state index contributed by atoms with van der Waals surface area (Å²) in [5.74, 6) is -0.220. The van der Waals surface area contributed by atoms with E-state index in [0.717, 1.165) is 0 Å². The van der Waals surface area contributed by atoms with Crippen LogP contribution in [0.3, 0.4) is 0 Å². The first kappa shape index (κ1) is 24.1. The van der Waals surface area contributed by atoms with Gasteiger partial charge >= 0.3 is 6.09 Å². The standard InChI is InChI=1S/C18H38N2O4Si/c1-12(2)11-13(19)14(24-25(9,10)18(6,7)8)15(21)20-16(22)23-17(3,4)5/h12-14H,11,19H2,1-10H3,(H,20,21,22)/t13-,14+/m0/s1. The van der Waals surface area contributed by atoms with E-state index in [1.54, 1.807) is 20.8 Å². The van der Waals surface area contributed by atoms with Gasteiger partial charge in [-0.05, 0) is 51.2 Å². The summed E-state index contributed by atoms with van der Waals surface area (Å²) < 4.78 is 11.4. The molecule has 0 radical (unpaired) electrons. The van der Waals surface area contributed by atoms with Gasteiger partial charge in [0, 0.05) is 6.04 Å². The molecule has 25 heavy (non-hydrogen) atoms. The zero-order valence-corrected chi connectivity index (χ0v) is 18.6. The molecule has 7 heteroatoms. The van der Waals surface area contributed by atoms with Gasteiger partial charge < -0.3 is 14.9 Å². The molecule has 0 bridgehead atoms. The zero-order chi connectivity index (χ0) is 20.2. The molecular weight excluding hydrogens is 336 g/mol. The van der Waals surface area contributed by atoms with Crippen molar-refractivity contribution in [1.29, 1.82) is 0 Å². The normalized spacial score (nSPS) is 15.7. The van der Waals surface area contributed by atoms with Gasteiger partial charge in [0.2, 0.25) is 0 Å². The molecule has 0 aromatic heterocycles. The van der Waals surface area contributed by atoms with Crippen LogP contribution >= 0.6 is 0 Å². The fourth-order valence-electron chi connectivity index (χ4n) is 1.97. The van der Waals surface area contributed by atoms with Crippen molar-refractivity contribution in [3.63, 3.8) is 0 Å². The van der Waals surface area contributed by atoms with Crippen molar-refractivity contribution in [2.24, 2.45) is 11.7 Å². The minimum Gasteiger partial charge on any atom is -0.444 e. The van der Waals surface area contributed by atoms with Crippen LogP contribution in [0.4, 0.5) is 4.79 Å². The van der Waals surface area contributed by atoms with Crippen LogP contribution in [0.25, 0.3) is 0 Å². The number of nitrogens with two attached hydrogens (primary N) is 1. The van der Waals surface area contributed by atoms with Crippen molar-refractivity contribution in [2.45, 2.75) is 97.7 Å². The number of imide groups is 1. The van der Waals surface area contributed by atoms with Crippen LogP contribution in [0.1, 0.15) is 61.8 Å². The second-order valence-corrected chi connectivity index (χ2v) is 14.3. The number of alkyl carbamates (subject to hydrolysis) is 1. The molecule has 0 aromatic rings. The Kier molecular flexibility index (Phi) is 8.32.